The average molecular weight is 685 g/mol. The van der Waals surface area contributed by atoms with Crippen molar-refractivity contribution in [1.29, 1.82) is 0 Å². The number of benzene rings is 1. The molecule has 1 fully saturated rings. The number of para-hydroxylation sites is 1. The Kier molecular flexibility index (Phi) is 10.9. The summed E-state index contributed by atoms with van der Waals surface area (Å²) in [6, 6.07) is 8.27. The molecule has 3 amide bonds. The summed E-state index contributed by atoms with van der Waals surface area (Å²) < 4.78 is 46.3. The smallest absolute Gasteiger partial charge is 0.416 e. The molecule has 2 aliphatic rings. The zero-order valence-electron chi connectivity index (χ0n) is 29.1. The minimum absolute atomic E-state index is 0.0124. The average Bonchev–Trinajstić information content (AvgIpc) is 3.63. The molecule has 4 heterocycles. The maximum absolute atomic E-state index is 14.0. The van der Waals surface area contributed by atoms with Gasteiger partial charge in [0.1, 0.15) is 17.5 Å². The Morgan fingerprint density at radius 2 is 1.76 bits per heavy atom. The second kappa shape index (κ2) is 14.4. The van der Waals surface area contributed by atoms with Crippen LogP contribution in [0.5, 0.6) is 0 Å². The van der Waals surface area contributed by atoms with Crippen molar-refractivity contribution >= 4 is 35.1 Å². The lowest BCUT2D eigenvalue weighted by atomic mass is 10.1. The van der Waals surface area contributed by atoms with Gasteiger partial charge in [0.25, 0.3) is 0 Å². The zero-order valence-corrected chi connectivity index (χ0v) is 29.1. The lowest BCUT2D eigenvalue weighted by molar-refractivity contribution is -0.137. The molecule has 1 atom stereocenters. The summed E-state index contributed by atoms with van der Waals surface area (Å²) in [6.07, 6.45) is -3.09. The molecule has 1 saturated heterocycles. The van der Waals surface area contributed by atoms with Crippen molar-refractivity contribution in [2.75, 3.05) is 35.9 Å². The molecule has 11 nitrogen and oxygen atoms in total. The van der Waals surface area contributed by atoms with Crippen LogP contribution < -0.4 is 14.7 Å². The number of aliphatic hydroxyl groups excluding tert-OH is 1. The molecule has 1 aromatic carbocycles. The van der Waals surface area contributed by atoms with Gasteiger partial charge in [0.2, 0.25) is 11.8 Å². The number of amides is 3. The Balaban J connectivity index is 0.00000265. The van der Waals surface area contributed by atoms with E-state index in [4.69, 9.17) is 9.84 Å². The van der Waals surface area contributed by atoms with E-state index < -0.39 is 41.3 Å². The number of halogens is 3. The Morgan fingerprint density at radius 3 is 2.41 bits per heavy atom. The zero-order chi connectivity index (χ0) is 36.4. The number of alkyl halides is 3. The van der Waals surface area contributed by atoms with Gasteiger partial charge in [-0.1, -0.05) is 12.1 Å². The van der Waals surface area contributed by atoms with E-state index in [1.165, 1.54) is 11.8 Å². The van der Waals surface area contributed by atoms with Crippen LogP contribution in [-0.4, -0.2) is 70.7 Å². The van der Waals surface area contributed by atoms with Crippen molar-refractivity contribution in [2.24, 2.45) is 0 Å². The van der Waals surface area contributed by atoms with Gasteiger partial charge in [-0.25, -0.2) is 9.78 Å². The predicted molar refractivity (Wildman–Crippen MR) is 179 cm³/mol. The highest BCUT2D eigenvalue weighted by atomic mass is 19.4. The van der Waals surface area contributed by atoms with Crippen LogP contribution in [0.3, 0.4) is 0 Å². The standard InChI is InChI=1S/C34H39F3N6O4.CH4O/c1-20-9-8-10-26(30(20)40(6)17-22-14-23-18-42(19-25(23)38-16-22)32(46)47-33(3,4)5)41(7)31(45)27-11-12-29(44)43(27)28-15-24(34(35,36)37)13-21(2)39-28;1-2/h8-10,13-16,27H,11-12,17-19H2,1-7H3;2H,1H3/t27-;/m0./s1. The van der Waals surface area contributed by atoms with Gasteiger partial charge in [-0.3, -0.25) is 24.4 Å². The van der Waals surface area contributed by atoms with E-state index in [0.717, 1.165) is 52.2 Å². The molecule has 264 valence electrons. The fourth-order valence-corrected chi connectivity index (χ4v) is 6.10. The van der Waals surface area contributed by atoms with Crippen LogP contribution in [-0.2, 0) is 40.1 Å². The lowest BCUT2D eigenvalue weighted by Crippen LogP contribution is -2.46. The van der Waals surface area contributed by atoms with Crippen LogP contribution >= 0.6 is 0 Å². The Morgan fingerprint density at radius 1 is 1.06 bits per heavy atom. The Labute approximate surface area is 284 Å². The fourth-order valence-electron chi connectivity index (χ4n) is 6.10. The number of pyridine rings is 2. The minimum atomic E-state index is -4.63. The van der Waals surface area contributed by atoms with Crippen molar-refractivity contribution in [3.05, 3.63) is 76.2 Å². The second-order valence-corrected chi connectivity index (χ2v) is 13.2. The van der Waals surface area contributed by atoms with Crippen molar-refractivity contribution in [3.63, 3.8) is 0 Å². The Hall–Kier alpha value is -4.72. The topological polar surface area (TPSA) is 119 Å². The number of aromatic nitrogens is 2. The molecule has 14 heteroatoms. The minimum Gasteiger partial charge on any atom is -0.444 e. The van der Waals surface area contributed by atoms with Crippen LogP contribution in [0.25, 0.3) is 0 Å². The van der Waals surface area contributed by atoms with Gasteiger partial charge in [-0.05, 0) is 82.0 Å². The number of hydrogen-bond donors (Lipinski definition) is 1. The summed E-state index contributed by atoms with van der Waals surface area (Å²) in [4.78, 5) is 54.5. The molecule has 1 N–H and O–H groups in total. The first kappa shape index (κ1) is 37.1. The molecule has 0 bridgehead atoms. The van der Waals surface area contributed by atoms with Gasteiger partial charge in [0, 0.05) is 46.1 Å². The second-order valence-electron chi connectivity index (χ2n) is 13.2. The molecule has 2 aromatic heterocycles. The number of likely N-dealkylation sites (N-methyl/N-ethyl adjacent to an activating group) is 1. The van der Waals surface area contributed by atoms with E-state index in [1.54, 1.807) is 24.2 Å². The number of ether oxygens (including phenoxy) is 1. The number of hydrogen-bond acceptors (Lipinski definition) is 8. The van der Waals surface area contributed by atoms with Crippen LogP contribution in [0, 0.1) is 13.8 Å². The molecular weight excluding hydrogens is 641 g/mol. The number of rotatable bonds is 6. The van der Waals surface area contributed by atoms with Gasteiger partial charge in [0.05, 0.1) is 35.7 Å². The van der Waals surface area contributed by atoms with E-state index in [2.05, 4.69) is 9.97 Å². The van der Waals surface area contributed by atoms with E-state index >= 15 is 0 Å². The highest BCUT2D eigenvalue weighted by Gasteiger charge is 2.41. The fraction of sp³-hybridized carbons (Fsp3) is 0.457. The lowest BCUT2D eigenvalue weighted by Gasteiger charge is -2.32. The van der Waals surface area contributed by atoms with Gasteiger partial charge >= 0.3 is 12.3 Å². The molecule has 0 saturated carbocycles. The van der Waals surface area contributed by atoms with Crippen molar-refractivity contribution in [3.8, 4) is 0 Å². The van der Waals surface area contributed by atoms with Crippen molar-refractivity contribution in [1.82, 2.24) is 14.9 Å². The van der Waals surface area contributed by atoms with Crippen LogP contribution in [0.15, 0.2) is 42.6 Å². The first-order chi connectivity index (χ1) is 22.9. The highest BCUT2D eigenvalue weighted by molar-refractivity contribution is 6.09. The molecule has 0 spiro atoms. The van der Waals surface area contributed by atoms with Gasteiger partial charge in [0.15, 0.2) is 0 Å². The summed E-state index contributed by atoms with van der Waals surface area (Å²) in [5, 5.41) is 7.00. The third-order valence-corrected chi connectivity index (χ3v) is 8.19. The summed E-state index contributed by atoms with van der Waals surface area (Å²) in [7, 11) is 4.49. The largest absolute Gasteiger partial charge is 0.444 e. The summed E-state index contributed by atoms with van der Waals surface area (Å²) in [5.74, 6) is -1.09. The number of fused-ring (bicyclic) bond motifs is 1. The molecular formula is C35H43F3N6O5. The SMILES string of the molecule is CO.Cc1cc(C(F)(F)F)cc(N2C(=O)CC[C@H]2C(=O)N(C)c2cccc(C)c2N(C)Cc2cnc3c(c2)CN(C(=O)OC(C)(C)C)C3)n1. The molecule has 2 aliphatic heterocycles. The number of nitrogens with zero attached hydrogens (tertiary/aromatic N) is 6. The third-order valence-electron chi connectivity index (χ3n) is 8.19. The first-order valence-electron chi connectivity index (χ1n) is 15.8. The van der Waals surface area contributed by atoms with Crippen molar-refractivity contribution in [2.45, 2.75) is 84.9 Å². The van der Waals surface area contributed by atoms with Gasteiger partial charge in [-0.15, -0.1) is 0 Å². The van der Waals surface area contributed by atoms with Crippen LogP contribution in [0.1, 0.15) is 67.3 Å². The van der Waals surface area contributed by atoms with E-state index in [1.807, 2.05) is 57.8 Å². The van der Waals surface area contributed by atoms with Crippen LogP contribution in [0.2, 0.25) is 0 Å². The normalized spacial score (nSPS) is 15.8. The molecule has 49 heavy (non-hydrogen) atoms. The molecule has 0 aliphatic carbocycles. The number of carbonyl (C=O) groups is 3. The predicted octanol–water partition coefficient (Wildman–Crippen LogP) is 5.77. The molecule has 5 rings (SSSR count). The number of aryl methyl sites for hydroxylation is 2. The van der Waals surface area contributed by atoms with Crippen LogP contribution in [0.4, 0.5) is 35.2 Å². The maximum Gasteiger partial charge on any atom is 0.416 e. The van der Waals surface area contributed by atoms with Gasteiger partial charge < -0.3 is 19.6 Å². The van der Waals surface area contributed by atoms with Crippen molar-refractivity contribution < 1.29 is 37.4 Å². The van der Waals surface area contributed by atoms with E-state index in [0.29, 0.717) is 25.3 Å². The van der Waals surface area contributed by atoms with Gasteiger partial charge in [-0.2, -0.15) is 13.2 Å². The summed E-state index contributed by atoms with van der Waals surface area (Å²) in [6.45, 7) is 10.0. The highest BCUT2D eigenvalue weighted by Crippen LogP contribution is 2.37. The number of anilines is 3. The molecule has 0 radical (unpaired) electrons. The molecule has 3 aromatic rings. The maximum atomic E-state index is 14.0. The summed E-state index contributed by atoms with van der Waals surface area (Å²) >= 11 is 0. The first-order valence-corrected chi connectivity index (χ1v) is 15.8. The monoisotopic (exact) mass is 684 g/mol. The summed E-state index contributed by atoms with van der Waals surface area (Å²) in [5.41, 5.74) is 3.44. The Bertz CT molecular complexity index is 1720. The van der Waals surface area contributed by atoms with E-state index in [9.17, 15) is 27.6 Å². The quantitative estimate of drug-likeness (QED) is 0.348. The third kappa shape index (κ3) is 8.30. The van der Waals surface area contributed by atoms with E-state index in [-0.39, 0.29) is 24.4 Å². The molecule has 0 unspecified atom stereocenters. The number of aliphatic hydroxyl groups is 1. The number of carbonyl (C=O) groups excluding carboxylic acids is 3.